The van der Waals surface area contributed by atoms with Crippen molar-refractivity contribution in [1.82, 2.24) is 0 Å². The number of nitrogens with zero attached hydrogens (tertiary/aromatic N) is 1. The van der Waals surface area contributed by atoms with Crippen LogP contribution in [0.15, 0.2) is 18.2 Å². The minimum Gasteiger partial charge on any atom is -0.480 e. The molecule has 0 radical (unpaired) electrons. The molecule has 19 heavy (non-hydrogen) atoms. The van der Waals surface area contributed by atoms with Crippen LogP contribution in [0.5, 0.6) is 0 Å². The summed E-state index contributed by atoms with van der Waals surface area (Å²) in [5.74, 6) is -2.42. The number of primary amides is 1. The summed E-state index contributed by atoms with van der Waals surface area (Å²) in [5.41, 5.74) is 5.27. The van der Waals surface area contributed by atoms with Crippen LogP contribution in [0.3, 0.4) is 0 Å². The van der Waals surface area contributed by atoms with Crippen molar-refractivity contribution in [2.75, 3.05) is 11.4 Å². The Labute approximate surface area is 110 Å². The lowest BCUT2D eigenvalue weighted by Gasteiger charge is -2.29. The van der Waals surface area contributed by atoms with Crippen molar-refractivity contribution in [3.8, 4) is 0 Å². The minimum absolute atomic E-state index is 0.0562. The third-order valence-electron chi connectivity index (χ3n) is 2.97. The number of carboxylic acid groups (broad SMARTS) is 1. The highest BCUT2D eigenvalue weighted by molar-refractivity contribution is 5.93. The first kappa shape index (κ1) is 14.9. The van der Waals surface area contributed by atoms with Crippen molar-refractivity contribution in [2.45, 2.75) is 26.3 Å². The third kappa shape index (κ3) is 3.67. The molecule has 0 spiro atoms. The average molecular weight is 268 g/mol. The average Bonchev–Trinajstić information content (AvgIpc) is 2.35. The van der Waals surface area contributed by atoms with E-state index in [0.717, 1.165) is 6.07 Å². The standard InChI is InChI=1S/C13H17FN2O3/c1-3-8(2)16(7-12(17)18)11-5-4-9(13(15)19)6-10(11)14/h4-6,8H,3,7H2,1-2H3,(H2,15,19)(H,17,18). The van der Waals surface area contributed by atoms with Crippen LogP contribution < -0.4 is 10.6 Å². The summed E-state index contributed by atoms with van der Waals surface area (Å²) < 4.78 is 14.0. The van der Waals surface area contributed by atoms with E-state index in [1.54, 1.807) is 0 Å². The number of amides is 1. The van der Waals surface area contributed by atoms with Gasteiger partial charge >= 0.3 is 5.97 Å². The number of hydrogen-bond donors (Lipinski definition) is 2. The van der Waals surface area contributed by atoms with Crippen molar-refractivity contribution in [3.05, 3.63) is 29.6 Å². The maximum absolute atomic E-state index is 14.0. The van der Waals surface area contributed by atoms with Gasteiger partial charge in [-0.3, -0.25) is 9.59 Å². The van der Waals surface area contributed by atoms with Crippen LogP contribution >= 0.6 is 0 Å². The molecule has 0 aliphatic heterocycles. The van der Waals surface area contributed by atoms with E-state index in [1.807, 2.05) is 13.8 Å². The number of aliphatic carboxylic acids is 1. The molecule has 1 atom stereocenters. The van der Waals surface area contributed by atoms with Gasteiger partial charge in [-0.15, -0.1) is 0 Å². The molecular weight excluding hydrogens is 251 g/mol. The SMILES string of the molecule is CCC(C)N(CC(=O)O)c1ccc(C(N)=O)cc1F. The molecule has 104 valence electrons. The van der Waals surface area contributed by atoms with E-state index in [1.165, 1.54) is 17.0 Å². The monoisotopic (exact) mass is 268 g/mol. The maximum Gasteiger partial charge on any atom is 0.323 e. The largest absolute Gasteiger partial charge is 0.480 e. The molecule has 1 aromatic rings. The van der Waals surface area contributed by atoms with Crippen LogP contribution in [0.25, 0.3) is 0 Å². The van der Waals surface area contributed by atoms with Gasteiger partial charge in [0.1, 0.15) is 12.4 Å². The van der Waals surface area contributed by atoms with Gasteiger partial charge in [-0.1, -0.05) is 6.92 Å². The Morgan fingerprint density at radius 1 is 1.47 bits per heavy atom. The lowest BCUT2D eigenvalue weighted by atomic mass is 10.1. The lowest BCUT2D eigenvalue weighted by Crippen LogP contribution is -2.37. The van der Waals surface area contributed by atoms with Gasteiger partial charge in [0.15, 0.2) is 0 Å². The van der Waals surface area contributed by atoms with Gasteiger partial charge in [0, 0.05) is 11.6 Å². The zero-order chi connectivity index (χ0) is 14.6. The minimum atomic E-state index is -1.04. The second kappa shape index (κ2) is 6.17. The van der Waals surface area contributed by atoms with Crippen LogP contribution in [0.1, 0.15) is 30.6 Å². The summed E-state index contributed by atoms with van der Waals surface area (Å²) in [7, 11) is 0. The number of halogens is 1. The predicted molar refractivity (Wildman–Crippen MR) is 69.7 cm³/mol. The smallest absolute Gasteiger partial charge is 0.323 e. The van der Waals surface area contributed by atoms with Gasteiger partial charge < -0.3 is 15.7 Å². The molecule has 0 heterocycles. The molecule has 1 rings (SSSR count). The first-order valence-corrected chi connectivity index (χ1v) is 5.94. The quantitative estimate of drug-likeness (QED) is 0.821. The first-order chi connectivity index (χ1) is 8.86. The summed E-state index contributed by atoms with van der Waals surface area (Å²) in [6, 6.07) is 3.65. The molecular formula is C13H17FN2O3. The number of anilines is 1. The summed E-state index contributed by atoms with van der Waals surface area (Å²) in [6.45, 7) is 3.39. The van der Waals surface area contributed by atoms with Gasteiger partial charge in [-0.25, -0.2) is 4.39 Å². The van der Waals surface area contributed by atoms with Gasteiger partial charge in [-0.05, 0) is 31.5 Å². The molecule has 0 aliphatic carbocycles. The van der Waals surface area contributed by atoms with Crippen molar-refractivity contribution in [2.24, 2.45) is 5.73 Å². The summed E-state index contributed by atoms with van der Waals surface area (Å²) in [4.78, 5) is 23.2. The highest BCUT2D eigenvalue weighted by atomic mass is 19.1. The highest BCUT2D eigenvalue weighted by Gasteiger charge is 2.20. The van der Waals surface area contributed by atoms with Crippen LogP contribution in [-0.2, 0) is 4.79 Å². The highest BCUT2D eigenvalue weighted by Crippen LogP contribution is 2.23. The molecule has 1 unspecified atom stereocenters. The van der Waals surface area contributed by atoms with E-state index in [2.05, 4.69) is 0 Å². The molecule has 6 heteroatoms. The summed E-state index contributed by atoms with van der Waals surface area (Å²) in [5, 5.41) is 8.89. The maximum atomic E-state index is 14.0. The Morgan fingerprint density at radius 2 is 2.11 bits per heavy atom. The third-order valence-corrected chi connectivity index (χ3v) is 2.97. The molecule has 1 aromatic carbocycles. The van der Waals surface area contributed by atoms with E-state index >= 15 is 0 Å². The van der Waals surface area contributed by atoms with Crippen LogP contribution in [-0.4, -0.2) is 29.6 Å². The lowest BCUT2D eigenvalue weighted by molar-refractivity contribution is -0.135. The fourth-order valence-electron chi connectivity index (χ4n) is 1.74. The predicted octanol–water partition coefficient (Wildman–Crippen LogP) is 1.61. The first-order valence-electron chi connectivity index (χ1n) is 5.94. The zero-order valence-corrected chi connectivity index (χ0v) is 10.9. The second-order valence-electron chi connectivity index (χ2n) is 4.31. The van der Waals surface area contributed by atoms with E-state index < -0.39 is 17.7 Å². The second-order valence-corrected chi connectivity index (χ2v) is 4.31. The van der Waals surface area contributed by atoms with Crippen molar-refractivity contribution in [3.63, 3.8) is 0 Å². The molecule has 1 amide bonds. The number of nitrogens with two attached hydrogens (primary N) is 1. The van der Waals surface area contributed by atoms with E-state index in [9.17, 15) is 14.0 Å². The van der Waals surface area contributed by atoms with Gasteiger partial charge in [0.2, 0.25) is 5.91 Å². The van der Waals surface area contributed by atoms with Crippen molar-refractivity contribution >= 4 is 17.6 Å². The number of benzene rings is 1. The number of rotatable bonds is 6. The van der Waals surface area contributed by atoms with Crippen LogP contribution in [0, 0.1) is 5.82 Å². The fourth-order valence-corrected chi connectivity index (χ4v) is 1.74. The van der Waals surface area contributed by atoms with Gasteiger partial charge in [0.25, 0.3) is 0 Å². The normalized spacial score (nSPS) is 11.9. The van der Waals surface area contributed by atoms with Gasteiger partial charge in [0.05, 0.1) is 5.69 Å². The zero-order valence-electron chi connectivity index (χ0n) is 10.9. The van der Waals surface area contributed by atoms with Crippen molar-refractivity contribution in [1.29, 1.82) is 0 Å². The van der Waals surface area contributed by atoms with Crippen molar-refractivity contribution < 1.29 is 19.1 Å². The van der Waals surface area contributed by atoms with Crippen LogP contribution in [0.2, 0.25) is 0 Å². The molecule has 0 saturated carbocycles. The van der Waals surface area contributed by atoms with E-state index in [0.29, 0.717) is 6.42 Å². The Bertz CT molecular complexity index is 491. The number of carbonyl (C=O) groups excluding carboxylic acids is 1. The molecule has 3 N–H and O–H groups in total. The summed E-state index contributed by atoms with van der Waals surface area (Å²) in [6.07, 6.45) is 0.671. The fraction of sp³-hybridized carbons (Fsp3) is 0.385. The number of hydrogen-bond acceptors (Lipinski definition) is 3. The Morgan fingerprint density at radius 3 is 2.53 bits per heavy atom. The van der Waals surface area contributed by atoms with E-state index in [-0.39, 0.29) is 23.8 Å². The topological polar surface area (TPSA) is 83.6 Å². The Hall–Kier alpha value is -2.11. The Kier molecular flexibility index (Phi) is 4.86. The number of carboxylic acids is 1. The summed E-state index contributed by atoms with van der Waals surface area (Å²) >= 11 is 0. The molecule has 0 bridgehead atoms. The molecule has 0 aliphatic rings. The molecule has 0 fully saturated rings. The molecule has 5 nitrogen and oxygen atoms in total. The van der Waals surface area contributed by atoms with Crippen LogP contribution in [0.4, 0.5) is 10.1 Å². The Balaban J connectivity index is 3.15. The molecule has 0 aromatic heterocycles. The van der Waals surface area contributed by atoms with Gasteiger partial charge in [-0.2, -0.15) is 0 Å². The molecule has 0 saturated heterocycles. The number of carbonyl (C=O) groups is 2. The van der Waals surface area contributed by atoms with E-state index in [4.69, 9.17) is 10.8 Å².